The third kappa shape index (κ3) is 3.15. The van der Waals surface area contributed by atoms with Crippen molar-refractivity contribution in [3.63, 3.8) is 0 Å². The molecule has 0 saturated carbocycles. The predicted molar refractivity (Wildman–Crippen MR) is 87.1 cm³/mol. The molecule has 2 nitrogen and oxygen atoms in total. The number of hydrogen-bond acceptors (Lipinski definition) is 4. The van der Waals surface area contributed by atoms with Gasteiger partial charge in [-0.3, -0.25) is 0 Å². The summed E-state index contributed by atoms with van der Waals surface area (Å²) >= 11 is 3.50. The van der Waals surface area contributed by atoms with Crippen molar-refractivity contribution in [1.82, 2.24) is 10.3 Å². The summed E-state index contributed by atoms with van der Waals surface area (Å²) in [6.45, 7) is 3.01. The first-order valence-electron chi connectivity index (χ1n) is 6.59. The standard InChI is InChI=1S/C16H16N2S2/c1-12(15-8-5-9-19-15)17-10-16-18-14(11-20-16)13-6-3-2-4-7-13/h2-9,11-12,17H,10H2,1H3/t12-/m1/s1. The Labute approximate surface area is 127 Å². The average molecular weight is 300 g/mol. The number of thiophene rings is 1. The van der Waals surface area contributed by atoms with E-state index in [2.05, 4.69) is 47.3 Å². The topological polar surface area (TPSA) is 24.9 Å². The summed E-state index contributed by atoms with van der Waals surface area (Å²) in [5.41, 5.74) is 2.25. The van der Waals surface area contributed by atoms with Gasteiger partial charge in [-0.1, -0.05) is 36.4 Å². The van der Waals surface area contributed by atoms with Crippen LogP contribution < -0.4 is 5.32 Å². The number of hydrogen-bond donors (Lipinski definition) is 1. The van der Waals surface area contributed by atoms with Crippen LogP contribution in [0.5, 0.6) is 0 Å². The average Bonchev–Trinajstić information content (AvgIpc) is 3.17. The molecule has 0 fully saturated rings. The lowest BCUT2D eigenvalue weighted by molar-refractivity contribution is 0.581. The van der Waals surface area contributed by atoms with Gasteiger partial charge < -0.3 is 5.32 Å². The van der Waals surface area contributed by atoms with Crippen LogP contribution in [-0.4, -0.2) is 4.98 Å². The van der Waals surface area contributed by atoms with Crippen molar-refractivity contribution in [2.75, 3.05) is 0 Å². The molecule has 0 spiro atoms. The van der Waals surface area contributed by atoms with Crippen LogP contribution in [0.25, 0.3) is 11.3 Å². The Morgan fingerprint density at radius 3 is 2.70 bits per heavy atom. The van der Waals surface area contributed by atoms with E-state index in [0.29, 0.717) is 6.04 Å². The van der Waals surface area contributed by atoms with E-state index in [1.807, 2.05) is 18.2 Å². The molecule has 4 heteroatoms. The molecule has 2 heterocycles. The lowest BCUT2D eigenvalue weighted by Gasteiger charge is -2.10. The molecule has 0 amide bonds. The van der Waals surface area contributed by atoms with Crippen LogP contribution in [-0.2, 0) is 6.54 Å². The quantitative estimate of drug-likeness (QED) is 0.737. The molecular formula is C16H16N2S2. The molecule has 0 radical (unpaired) electrons. The van der Waals surface area contributed by atoms with E-state index < -0.39 is 0 Å². The van der Waals surface area contributed by atoms with Gasteiger partial charge in [-0.15, -0.1) is 22.7 Å². The minimum atomic E-state index is 0.374. The number of aromatic nitrogens is 1. The molecule has 0 aliphatic heterocycles. The smallest absolute Gasteiger partial charge is 0.107 e. The first-order chi connectivity index (χ1) is 9.83. The highest BCUT2D eigenvalue weighted by Gasteiger charge is 2.08. The fourth-order valence-corrected chi connectivity index (χ4v) is 3.53. The first kappa shape index (κ1) is 13.5. The molecule has 0 unspecified atom stereocenters. The Hall–Kier alpha value is -1.49. The fourth-order valence-electron chi connectivity index (χ4n) is 2.01. The van der Waals surface area contributed by atoms with Crippen molar-refractivity contribution >= 4 is 22.7 Å². The van der Waals surface area contributed by atoms with Crippen molar-refractivity contribution in [2.24, 2.45) is 0 Å². The van der Waals surface area contributed by atoms with Crippen molar-refractivity contribution in [3.05, 3.63) is 63.1 Å². The second-order valence-corrected chi connectivity index (χ2v) is 6.53. The van der Waals surface area contributed by atoms with Crippen LogP contribution in [0.3, 0.4) is 0 Å². The zero-order chi connectivity index (χ0) is 13.8. The van der Waals surface area contributed by atoms with E-state index in [1.165, 1.54) is 10.4 Å². The van der Waals surface area contributed by atoms with Gasteiger partial charge in [0, 0.05) is 28.4 Å². The summed E-state index contributed by atoms with van der Waals surface area (Å²) in [6.07, 6.45) is 0. The fraction of sp³-hybridized carbons (Fsp3) is 0.188. The molecule has 1 atom stereocenters. The van der Waals surface area contributed by atoms with Gasteiger partial charge >= 0.3 is 0 Å². The number of thiazole rings is 1. The van der Waals surface area contributed by atoms with E-state index in [-0.39, 0.29) is 0 Å². The molecule has 0 aliphatic carbocycles. The molecule has 102 valence electrons. The molecule has 0 bridgehead atoms. The van der Waals surface area contributed by atoms with Gasteiger partial charge in [-0.2, -0.15) is 0 Å². The summed E-state index contributed by atoms with van der Waals surface area (Å²) in [7, 11) is 0. The van der Waals surface area contributed by atoms with E-state index in [9.17, 15) is 0 Å². The Morgan fingerprint density at radius 1 is 1.10 bits per heavy atom. The third-order valence-corrected chi connectivity index (χ3v) is 5.05. The van der Waals surface area contributed by atoms with Crippen LogP contribution in [0.15, 0.2) is 53.2 Å². The molecule has 0 saturated heterocycles. The maximum Gasteiger partial charge on any atom is 0.107 e. The Morgan fingerprint density at radius 2 is 1.95 bits per heavy atom. The Kier molecular flexibility index (Phi) is 4.25. The highest BCUT2D eigenvalue weighted by Crippen LogP contribution is 2.23. The minimum absolute atomic E-state index is 0.374. The molecule has 1 N–H and O–H groups in total. The number of rotatable bonds is 5. The molecule has 0 aliphatic rings. The predicted octanol–water partition coefficient (Wildman–Crippen LogP) is 4.72. The second-order valence-electron chi connectivity index (χ2n) is 4.61. The molecule has 20 heavy (non-hydrogen) atoms. The van der Waals surface area contributed by atoms with Gasteiger partial charge in [0.05, 0.1) is 5.69 Å². The van der Waals surface area contributed by atoms with Gasteiger partial charge in [0.2, 0.25) is 0 Å². The van der Waals surface area contributed by atoms with Crippen LogP contribution in [0.2, 0.25) is 0 Å². The maximum atomic E-state index is 4.69. The van der Waals surface area contributed by atoms with Crippen molar-refractivity contribution in [2.45, 2.75) is 19.5 Å². The van der Waals surface area contributed by atoms with Gasteiger partial charge in [0.1, 0.15) is 5.01 Å². The zero-order valence-corrected chi connectivity index (χ0v) is 12.9. The van der Waals surface area contributed by atoms with Crippen LogP contribution in [0.4, 0.5) is 0 Å². The van der Waals surface area contributed by atoms with Crippen LogP contribution in [0.1, 0.15) is 22.9 Å². The van der Waals surface area contributed by atoms with Gasteiger partial charge in [0.15, 0.2) is 0 Å². The summed E-state index contributed by atoms with van der Waals surface area (Å²) in [6, 6.07) is 15.0. The van der Waals surface area contributed by atoms with Crippen molar-refractivity contribution in [3.8, 4) is 11.3 Å². The number of benzene rings is 1. The summed E-state index contributed by atoms with van der Waals surface area (Å²) in [5, 5.41) is 8.90. The Balaban J connectivity index is 1.63. The summed E-state index contributed by atoms with van der Waals surface area (Å²) in [5.74, 6) is 0. The molecular weight excluding hydrogens is 284 g/mol. The minimum Gasteiger partial charge on any atom is -0.303 e. The second kappa shape index (κ2) is 6.31. The summed E-state index contributed by atoms with van der Waals surface area (Å²) in [4.78, 5) is 6.06. The SMILES string of the molecule is C[C@@H](NCc1nc(-c2ccccc2)cs1)c1cccs1. The molecule has 1 aromatic carbocycles. The number of nitrogens with one attached hydrogen (secondary N) is 1. The zero-order valence-electron chi connectivity index (χ0n) is 11.2. The monoisotopic (exact) mass is 300 g/mol. The van der Waals surface area contributed by atoms with E-state index >= 15 is 0 Å². The van der Waals surface area contributed by atoms with Crippen molar-refractivity contribution < 1.29 is 0 Å². The van der Waals surface area contributed by atoms with Crippen molar-refractivity contribution in [1.29, 1.82) is 0 Å². The van der Waals surface area contributed by atoms with E-state index in [1.54, 1.807) is 22.7 Å². The Bertz CT molecular complexity index is 644. The first-order valence-corrected chi connectivity index (χ1v) is 8.35. The highest BCUT2D eigenvalue weighted by atomic mass is 32.1. The molecule has 3 rings (SSSR count). The maximum absolute atomic E-state index is 4.69. The molecule has 2 aromatic heterocycles. The normalized spacial score (nSPS) is 12.4. The van der Waals surface area contributed by atoms with Gasteiger partial charge in [0.25, 0.3) is 0 Å². The lowest BCUT2D eigenvalue weighted by atomic mass is 10.2. The van der Waals surface area contributed by atoms with Crippen LogP contribution in [0, 0.1) is 0 Å². The van der Waals surface area contributed by atoms with E-state index in [4.69, 9.17) is 4.98 Å². The van der Waals surface area contributed by atoms with Crippen LogP contribution >= 0.6 is 22.7 Å². The highest BCUT2D eigenvalue weighted by molar-refractivity contribution is 7.10. The number of nitrogens with zero attached hydrogens (tertiary/aromatic N) is 1. The van der Waals surface area contributed by atoms with Gasteiger partial charge in [-0.05, 0) is 18.4 Å². The summed E-state index contributed by atoms with van der Waals surface area (Å²) < 4.78 is 0. The lowest BCUT2D eigenvalue weighted by Crippen LogP contribution is -2.16. The van der Waals surface area contributed by atoms with E-state index in [0.717, 1.165) is 17.2 Å². The van der Waals surface area contributed by atoms with Gasteiger partial charge in [-0.25, -0.2) is 4.98 Å². The molecule has 3 aromatic rings. The third-order valence-electron chi connectivity index (χ3n) is 3.15. The largest absolute Gasteiger partial charge is 0.303 e.